The van der Waals surface area contributed by atoms with Crippen LogP contribution in [0.1, 0.15) is 66.1 Å². The molecule has 0 aromatic carbocycles. The van der Waals surface area contributed by atoms with E-state index in [1.807, 2.05) is 27.9 Å². The number of likely N-dealkylation sites (N-methyl/N-ethyl adjacent to an activating group) is 1. The number of aromatic nitrogens is 4. The van der Waals surface area contributed by atoms with Gasteiger partial charge >= 0.3 is 0 Å². The molecule has 2 aromatic heterocycles. The lowest BCUT2D eigenvalue weighted by Gasteiger charge is -2.26. The monoisotopic (exact) mass is 360 g/mol. The predicted octanol–water partition coefficient (Wildman–Crippen LogP) is 1.77. The van der Waals surface area contributed by atoms with Crippen molar-refractivity contribution in [1.82, 2.24) is 30.6 Å². The van der Waals surface area contributed by atoms with Gasteiger partial charge in [0.1, 0.15) is 5.54 Å². The number of nitrogens with one attached hydrogen (secondary N) is 2. The van der Waals surface area contributed by atoms with Gasteiger partial charge in [-0.25, -0.2) is 0 Å². The van der Waals surface area contributed by atoms with Gasteiger partial charge in [-0.05, 0) is 40.7 Å². The van der Waals surface area contributed by atoms with E-state index in [1.54, 1.807) is 4.68 Å². The average Bonchev–Trinajstić information content (AvgIpc) is 3.29. The van der Waals surface area contributed by atoms with Crippen molar-refractivity contribution in [3.05, 3.63) is 28.7 Å². The van der Waals surface area contributed by atoms with Crippen LogP contribution in [0.5, 0.6) is 0 Å². The third-order valence-corrected chi connectivity index (χ3v) is 5.41. The number of hydrogen-bond acceptors (Lipinski definition) is 6. The first kappa shape index (κ1) is 18.6. The predicted molar refractivity (Wildman–Crippen MR) is 96.8 cm³/mol. The lowest BCUT2D eigenvalue weighted by Crippen LogP contribution is -2.44. The van der Waals surface area contributed by atoms with Gasteiger partial charge in [-0.2, -0.15) is 10.1 Å². The zero-order valence-corrected chi connectivity index (χ0v) is 16.2. The number of carbonyl (C=O) groups excluding carboxylic acids is 1. The molecule has 8 heteroatoms. The summed E-state index contributed by atoms with van der Waals surface area (Å²) >= 11 is 0. The van der Waals surface area contributed by atoms with Crippen LogP contribution in [0, 0.1) is 13.8 Å². The van der Waals surface area contributed by atoms with E-state index < -0.39 is 5.54 Å². The van der Waals surface area contributed by atoms with Gasteiger partial charge in [0.2, 0.25) is 0 Å². The van der Waals surface area contributed by atoms with Crippen LogP contribution in [-0.4, -0.2) is 38.9 Å². The molecule has 1 fully saturated rings. The van der Waals surface area contributed by atoms with Crippen LogP contribution in [0.2, 0.25) is 0 Å². The molecule has 8 nitrogen and oxygen atoms in total. The number of amides is 1. The molecule has 0 radical (unpaired) electrons. The second kappa shape index (κ2) is 7.19. The molecule has 2 N–H and O–H groups in total. The molecule has 3 rings (SSSR count). The van der Waals surface area contributed by atoms with Crippen molar-refractivity contribution < 1.29 is 9.32 Å². The highest BCUT2D eigenvalue weighted by molar-refractivity contribution is 5.96. The van der Waals surface area contributed by atoms with Crippen molar-refractivity contribution in [2.75, 3.05) is 7.05 Å². The lowest BCUT2D eigenvalue weighted by atomic mass is 9.96. The molecule has 1 atom stereocenters. The van der Waals surface area contributed by atoms with Crippen LogP contribution in [-0.2, 0) is 19.0 Å². The second-order valence-electron chi connectivity index (χ2n) is 7.32. The molecular weight excluding hydrogens is 332 g/mol. The summed E-state index contributed by atoms with van der Waals surface area (Å²) in [6.45, 7) is 5.82. The van der Waals surface area contributed by atoms with Crippen LogP contribution in [0.4, 0.5) is 0 Å². The summed E-state index contributed by atoms with van der Waals surface area (Å²) in [5.74, 6) is 1.05. The van der Waals surface area contributed by atoms with Crippen molar-refractivity contribution >= 4 is 5.91 Å². The number of carbonyl (C=O) groups is 1. The Morgan fingerprint density at radius 1 is 1.35 bits per heavy atom. The van der Waals surface area contributed by atoms with E-state index in [0.29, 0.717) is 23.7 Å². The minimum Gasteiger partial charge on any atom is -0.337 e. The summed E-state index contributed by atoms with van der Waals surface area (Å²) in [5.41, 5.74) is 1.62. The van der Waals surface area contributed by atoms with Crippen LogP contribution in [0.25, 0.3) is 0 Å². The fraction of sp³-hybridized carbons (Fsp3) is 0.667. The molecule has 2 aromatic rings. The van der Waals surface area contributed by atoms with Gasteiger partial charge in [-0.3, -0.25) is 9.48 Å². The van der Waals surface area contributed by atoms with Gasteiger partial charge in [-0.15, -0.1) is 0 Å². The molecule has 1 unspecified atom stereocenters. The smallest absolute Gasteiger partial charge is 0.255 e. The van der Waals surface area contributed by atoms with E-state index in [-0.39, 0.29) is 11.9 Å². The first-order valence-corrected chi connectivity index (χ1v) is 9.19. The maximum Gasteiger partial charge on any atom is 0.255 e. The van der Waals surface area contributed by atoms with Crippen molar-refractivity contribution in [3.8, 4) is 0 Å². The van der Waals surface area contributed by atoms with E-state index in [2.05, 4.69) is 32.8 Å². The molecule has 0 aliphatic heterocycles. The van der Waals surface area contributed by atoms with Gasteiger partial charge in [0.25, 0.3) is 11.8 Å². The first-order valence-electron chi connectivity index (χ1n) is 9.19. The molecule has 0 spiro atoms. The number of aryl methyl sites for hydroxylation is 2. The van der Waals surface area contributed by atoms with E-state index in [1.165, 1.54) is 0 Å². The summed E-state index contributed by atoms with van der Waals surface area (Å²) in [4.78, 5) is 17.6. The summed E-state index contributed by atoms with van der Waals surface area (Å²) in [5, 5.41) is 14.8. The Bertz CT molecular complexity index is 788. The molecule has 1 saturated carbocycles. The molecule has 142 valence electrons. The molecule has 26 heavy (non-hydrogen) atoms. The van der Waals surface area contributed by atoms with Crippen molar-refractivity contribution in [2.45, 2.75) is 64.5 Å². The SMILES string of the molecule is CNC(C)Cc1noc(C2(NC(=O)c3c(C)nn(C)c3C)CCCC2)n1. The van der Waals surface area contributed by atoms with Crippen LogP contribution >= 0.6 is 0 Å². The fourth-order valence-electron chi connectivity index (χ4n) is 3.66. The van der Waals surface area contributed by atoms with Crippen molar-refractivity contribution in [1.29, 1.82) is 0 Å². The third-order valence-electron chi connectivity index (χ3n) is 5.41. The fourth-order valence-corrected chi connectivity index (χ4v) is 3.66. The maximum absolute atomic E-state index is 13.0. The van der Waals surface area contributed by atoms with Crippen LogP contribution in [0.3, 0.4) is 0 Å². The highest BCUT2D eigenvalue weighted by Crippen LogP contribution is 2.38. The van der Waals surface area contributed by atoms with Crippen LogP contribution < -0.4 is 10.6 Å². The van der Waals surface area contributed by atoms with E-state index in [4.69, 9.17) is 4.52 Å². The largest absolute Gasteiger partial charge is 0.337 e. The topological polar surface area (TPSA) is 97.9 Å². The standard InChI is InChI=1S/C18H28N6O2/c1-11(19-4)10-14-20-17(26-23-14)18(8-6-7-9-18)21-16(25)15-12(2)22-24(5)13(15)3/h11,19H,6-10H2,1-5H3,(H,21,25). The highest BCUT2D eigenvalue weighted by Gasteiger charge is 2.43. The van der Waals surface area contributed by atoms with Gasteiger partial charge in [-0.1, -0.05) is 18.0 Å². The van der Waals surface area contributed by atoms with Gasteiger partial charge in [0.15, 0.2) is 5.82 Å². The minimum atomic E-state index is -0.583. The normalized spacial score (nSPS) is 17.4. The van der Waals surface area contributed by atoms with Gasteiger partial charge in [0, 0.05) is 25.2 Å². The molecule has 2 heterocycles. The Hall–Kier alpha value is -2.22. The minimum absolute atomic E-state index is 0.127. The third kappa shape index (κ3) is 3.38. The first-order chi connectivity index (χ1) is 12.4. The molecular formula is C18H28N6O2. The molecule has 1 aliphatic rings. The Morgan fingerprint density at radius 2 is 2.04 bits per heavy atom. The zero-order chi connectivity index (χ0) is 18.9. The molecule has 1 aliphatic carbocycles. The second-order valence-corrected chi connectivity index (χ2v) is 7.32. The number of nitrogens with zero attached hydrogens (tertiary/aromatic N) is 4. The maximum atomic E-state index is 13.0. The molecule has 0 bridgehead atoms. The molecule has 1 amide bonds. The summed E-state index contributed by atoms with van der Waals surface area (Å²) in [6, 6.07) is 0.260. The quantitative estimate of drug-likeness (QED) is 0.815. The van der Waals surface area contributed by atoms with E-state index in [9.17, 15) is 4.79 Å². The van der Waals surface area contributed by atoms with Gasteiger partial charge < -0.3 is 15.2 Å². The Labute approximate surface area is 153 Å². The average molecular weight is 360 g/mol. The Kier molecular flexibility index (Phi) is 5.13. The highest BCUT2D eigenvalue weighted by atomic mass is 16.5. The Morgan fingerprint density at radius 3 is 2.62 bits per heavy atom. The summed E-state index contributed by atoms with van der Waals surface area (Å²) < 4.78 is 7.31. The molecule has 0 saturated heterocycles. The summed E-state index contributed by atoms with van der Waals surface area (Å²) in [7, 11) is 3.75. The number of hydrogen-bond donors (Lipinski definition) is 2. The van der Waals surface area contributed by atoms with Crippen molar-refractivity contribution in [2.24, 2.45) is 7.05 Å². The van der Waals surface area contributed by atoms with E-state index in [0.717, 1.165) is 37.1 Å². The number of rotatable bonds is 6. The van der Waals surface area contributed by atoms with Crippen LogP contribution in [0.15, 0.2) is 4.52 Å². The summed E-state index contributed by atoms with van der Waals surface area (Å²) in [6.07, 6.45) is 4.34. The lowest BCUT2D eigenvalue weighted by molar-refractivity contribution is 0.0873. The van der Waals surface area contributed by atoms with Crippen molar-refractivity contribution in [3.63, 3.8) is 0 Å². The Balaban J connectivity index is 1.85. The zero-order valence-electron chi connectivity index (χ0n) is 16.2. The van der Waals surface area contributed by atoms with E-state index >= 15 is 0 Å². The van der Waals surface area contributed by atoms with Gasteiger partial charge in [0.05, 0.1) is 11.3 Å².